The van der Waals surface area contributed by atoms with Gasteiger partial charge in [0, 0.05) is 25.4 Å². The Kier molecular flexibility index (Phi) is 3.92. The lowest BCUT2D eigenvalue weighted by Gasteiger charge is -2.38. The third-order valence-corrected chi connectivity index (χ3v) is 6.39. The number of aliphatic hydroxyl groups is 1. The van der Waals surface area contributed by atoms with Gasteiger partial charge in [-0.15, -0.1) is 11.8 Å². The number of rotatable bonds is 3. The van der Waals surface area contributed by atoms with E-state index in [4.69, 9.17) is 4.74 Å². The number of hydrogen-bond donors (Lipinski definition) is 2. The summed E-state index contributed by atoms with van der Waals surface area (Å²) in [6, 6.07) is -0.415. The van der Waals surface area contributed by atoms with Gasteiger partial charge in [-0.3, -0.25) is 9.59 Å². The first-order valence-corrected chi connectivity index (χ1v) is 8.45. The van der Waals surface area contributed by atoms with E-state index in [0.717, 1.165) is 6.42 Å². The quantitative estimate of drug-likeness (QED) is 0.772. The predicted octanol–water partition coefficient (Wildman–Crippen LogP) is 0.0981. The normalized spacial score (nSPS) is 34.9. The van der Waals surface area contributed by atoms with E-state index in [1.54, 1.807) is 16.7 Å². The van der Waals surface area contributed by atoms with E-state index in [9.17, 15) is 14.7 Å². The van der Waals surface area contributed by atoms with Gasteiger partial charge in [0.1, 0.15) is 6.04 Å². The zero-order valence-corrected chi connectivity index (χ0v) is 13.1. The minimum absolute atomic E-state index is 0.0627. The van der Waals surface area contributed by atoms with Gasteiger partial charge in [0.2, 0.25) is 11.8 Å². The molecule has 0 spiro atoms. The van der Waals surface area contributed by atoms with Gasteiger partial charge in [-0.2, -0.15) is 0 Å². The molecule has 2 atom stereocenters. The molecule has 3 fully saturated rings. The van der Waals surface area contributed by atoms with Crippen LogP contribution in [0.1, 0.15) is 32.6 Å². The number of thioether (sulfide) groups is 1. The van der Waals surface area contributed by atoms with Crippen LogP contribution >= 0.6 is 11.8 Å². The highest BCUT2D eigenvalue weighted by Gasteiger charge is 2.53. The highest BCUT2D eigenvalue weighted by Crippen LogP contribution is 2.47. The van der Waals surface area contributed by atoms with E-state index >= 15 is 0 Å². The average Bonchev–Trinajstić information content (AvgIpc) is 2.97. The summed E-state index contributed by atoms with van der Waals surface area (Å²) in [7, 11) is 0. The van der Waals surface area contributed by atoms with E-state index in [0.29, 0.717) is 38.2 Å². The topological polar surface area (TPSA) is 78.9 Å². The standard InChI is InChI=1S/C14H22N2O4S/c1-13-3-2-11(18)16(13)10(8-21-13)12(19)15-14(9-17)4-6-20-7-5-14/h10,17H,2-9H2,1H3,(H,15,19). The van der Waals surface area contributed by atoms with Crippen molar-refractivity contribution in [3.63, 3.8) is 0 Å². The number of aliphatic hydroxyl groups excluding tert-OH is 1. The van der Waals surface area contributed by atoms with Crippen LogP contribution in [0, 0.1) is 0 Å². The Hall–Kier alpha value is -0.790. The van der Waals surface area contributed by atoms with Crippen molar-refractivity contribution in [2.75, 3.05) is 25.6 Å². The van der Waals surface area contributed by atoms with E-state index in [1.165, 1.54) is 0 Å². The molecule has 0 aromatic carbocycles. The van der Waals surface area contributed by atoms with Gasteiger partial charge in [0.05, 0.1) is 17.0 Å². The number of carbonyl (C=O) groups is 2. The third-order valence-electron chi connectivity index (χ3n) is 4.89. The Balaban J connectivity index is 1.72. The largest absolute Gasteiger partial charge is 0.394 e. The van der Waals surface area contributed by atoms with Gasteiger partial charge in [0.15, 0.2) is 0 Å². The maximum absolute atomic E-state index is 12.6. The second-order valence-corrected chi connectivity index (χ2v) is 7.81. The van der Waals surface area contributed by atoms with Gasteiger partial charge in [-0.25, -0.2) is 0 Å². The van der Waals surface area contributed by atoms with Gasteiger partial charge < -0.3 is 20.1 Å². The smallest absolute Gasteiger partial charge is 0.244 e. The molecule has 0 bridgehead atoms. The number of carbonyl (C=O) groups excluding carboxylic acids is 2. The minimum Gasteiger partial charge on any atom is -0.394 e. The monoisotopic (exact) mass is 314 g/mol. The van der Waals surface area contributed by atoms with Gasteiger partial charge in [-0.1, -0.05) is 0 Å². The summed E-state index contributed by atoms with van der Waals surface area (Å²) in [6.45, 7) is 3.03. The van der Waals surface area contributed by atoms with Crippen LogP contribution in [0.15, 0.2) is 0 Å². The summed E-state index contributed by atoms with van der Waals surface area (Å²) < 4.78 is 5.31. The Morgan fingerprint density at radius 3 is 2.86 bits per heavy atom. The van der Waals surface area contributed by atoms with Crippen molar-refractivity contribution in [2.24, 2.45) is 0 Å². The number of ether oxygens (including phenoxy) is 1. The minimum atomic E-state index is -0.595. The maximum atomic E-state index is 12.6. The number of fused-ring (bicyclic) bond motifs is 1. The highest BCUT2D eigenvalue weighted by molar-refractivity contribution is 8.01. The second kappa shape index (κ2) is 5.44. The molecule has 0 saturated carbocycles. The van der Waals surface area contributed by atoms with Crippen molar-refractivity contribution in [3.05, 3.63) is 0 Å². The molecular weight excluding hydrogens is 292 g/mol. The van der Waals surface area contributed by atoms with Crippen molar-refractivity contribution >= 4 is 23.6 Å². The molecule has 3 aliphatic rings. The summed E-state index contributed by atoms with van der Waals surface area (Å²) in [5.41, 5.74) is -0.595. The lowest BCUT2D eigenvalue weighted by Crippen LogP contribution is -2.60. The summed E-state index contributed by atoms with van der Waals surface area (Å²) in [6.07, 6.45) is 2.55. The number of nitrogens with one attached hydrogen (secondary N) is 1. The molecule has 3 saturated heterocycles. The first-order chi connectivity index (χ1) is 10.00. The lowest BCUT2D eigenvalue weighted by molar-refractivity contribution is -0.139. The van der Waals surface area contributed by atoms with Crippen LogP contribution in [-0.4, -0.2) is 63.8 Å². The molecule has 2 amide bonds. The van der Waals surface area contributed by atoms with E-state index < -0.39 is 11.6 Å². The van der Waals surface area contributed by atoms with Crippen LogP contribution in [0.4, 0.5) is 0 Å². The van der Waals surface area contributed by atoms with Crippen molar-refractivity contribution in [3.8, 4) is 0 Å². The Labute approximate surface area is 128 Å². The Bertz CT molecular complexity index is 452. The van der Waals surface area contributed by atoms with Gasteiger partial charge in [0.25, 0.3) is 0 Å². The molecule has 3 heterocycles. The Morgan fingerprint density at radius 1 is 1.48 bits per heavy atom. The van der Waals surface area contributed by atoms with Crippen LogP contribution in [0.25, 0.3) is 0 Å². The van der Waals surface area contributed by atoms with Crippen molar-refractivity contribution < 1.29 is 19.4 Å². The Morgan fingerprint density at radius 2 is 2.19 bits per heavy atom. The number of nitrogens with zero attached hydrogens (tertiary/aromatic N) is 1. The van der Waals surface area contributed by atoms with Gasteiger partial charge >= 0.3 is 0 Å². The van der Waals surface area contributed by atoms with Crippen molar-refractivity contribution in [2.45, 2.75) is 49.1 Å². The molecule has 0 aromatic rings. The highest BCUT2D eigenvalue weighted by atomic mass is 32.2. The lowest BCUT2D eigenvalue weighted by atomic mass is 9.90. The fourth-order valence-electron chi connectivity index (χ4n) is 3.44. The molecule has 7 heteroatoms. The maximum Gasteiger partial charge on any atom is 0.244 e. The average molecular weight is 314 g/mol. The van der Waals surface area contributed by atoms with Crippen LogP contribution < -0.4 is 5.32 Å². The molecule has 118 valence electrons. The van der Waals surface area contributed by atoms with E-state index in [1.807, 2.05) is 6.92 Å². The fraction of sp³-hybridized carbons (Fsp3) is 0.857. The molecule has 6 nitrogen and oxygen atoms in total. The molecule has 21 heavy (non-hydrogen) atoms. The molecule has 3 aliphatic heterocycles. The zero-order chi connectivity index (χ0) is 15.1. The summed E-state index contributed by atoms with van der Waals surface area (Å²) in [5.74, 6) is 0.552. The van der Waals surface area contributed by atoms with E-state index in [2.05, 4.69) is 5.32 Å². The third kappa shape index (κ3) is 2.55. The van der Waals surface area contributed by atoms with Crippen LogP contribution in [0.2, 0.25) is 0 Å². The first kappa shape index (κ1) is 15.1. The molecule has 3 rings (SSSR count). The molecule has 0 radical (unpaired) electrons. The molecule has 0 aromatic heterocycles. The van der Waals surface area contributed by atoms with Crippen LogP contribution in [0.5, 0.6) is 0 Å². The van der Waals surface area contributed by atoms with Crippen molar-refractivity contribution in [1.29, 1.82) is 0 Å². The van der Waals surface area contributed by atoms with E-state index in [-0.39, 0.29) is 23.3 Å². The second-order valence-electron chi connectivity index (χ2n) is 6.31. The fourth-order valence-corrected chi connectivity index (χ4v) is 4.88. The number of amides is 2. The predicted molar refractivity (Wildman–Crippen MR) is 78.7 cm³/mol. The van der Waals surface area contributed by atoms with Crippen LogP contribution in [-0.2, 0) is 14.3 Å². The van der Waals surface area contributed by atoms with Crippen LogP contribution in [0.3, 0.4) is 0 Å². The SMILES string of the molecule is CC12CCC(=O)N1C(C(=O)NC1(CO)CCOCC1)CS2. The summed E-state index contributed by atoms with van der Waals surface area (Å²) in [5, 5.41) is 12.7. The summed E-state index contributed by atoms with van der Waals surface area (Å²) >= 11 is 1.68. The first-order valence-electron chi connectivity index (χ1n) is 7.46. The molecular formula is C14H22N2O4S. The number of hydrogen-bond acceptors (Lipinski definition) is 5. The summed E-state index contributed by atoms with van der Waals surface area (Å²) in [4.78, 5) is 26.2. The zero-order valence-electron chi connectivity index (χ0n) is 12.3. The molecule has 2 unspecified atom stereocenters. The van der Waals surface area contributed by atoms with Crippen molar-refractivity contribution in [1.82, 2.24) is 10.2 Å². The molecule has 2 N–H and O–H groups in total. The van der Waals surface area contributed by atoms with Gasteiger partial charge in [-0.05, 0) is 26.2 Å². The molecule has 0 aliphatic carbocycles.